The standard InChI is InChI=1S/C17H27N3O/c1-5-10-18-13-14-6-8-15(9-7-14)20-12-11-19(4)16(21)17(20,2)3/h6-9,18H,5,10-13H2,1-4H3. The van der Waals surface area contributed by atoms with Crippen molar-refractivity contribution in [3.8, 4) is 0 Å². The van der Waals surface area contributed by atoms with Crippen LogP contribution in [0.25, 0.3) is 0 Å². The molecule has 1 amide bonds. The van der Waals surface area contributed by atoms with Crippen LogP contribution in [-0.2, 0) is 11.3 Å². The Kier molecular flexibility index (Phi) is 4.88. The van der Waals surface area contributed by atoms with Gasteiger partial charge in [-0.05, 0) is 44.5 Å². The second-order valence-corrected chi connectivity index (χ2v) is 6.28. The summed E-state index contributed by atoms with van der Waals surface area (Å²) in [4.78, 5) is 16.4. The number of nitrogens with zero attached hydrogens (tertiary/aromatic N) is 2. The van der Waals surface area contributed by atoms with Gasteiger partial charge in [-0.25, -0.2) is 0 Å². The molecule has 0 spiro atoms. The Morgan fingerprint density at radius 3 is 2.48 bits per heavy atom. The van der Waals surface area contributed by atoms with Crippen molar-refractivity contribution in [2.75, 3.05) is 31.6 Å². The van der Waals surface area contributed by atoms with Crippen LogP contribution in [0.2, 0.25) is 0 Å². The lowest BCUT2D eigenvalue weighted by Gasteiger charge is -2.46. The summed E-state index contributed by atoms with van der Waals surface area (Å²) in [6, 6.07) is 8.56. The van der Waals surface area contributed by atoms with E-state index in [0.29, 0.717) is 0 Å². The van der Waals surface area contributed by atoms with E-state index in [2.05, 4.69) is 41.4 Å². The Balaban J connectivity index is 2.09. The second-order valence-electron chi connectivity index (χ2n) is 6.28. The van der Waals surface area contributed by atoms with Gasteiger partial charge in [0, 0.05) is 32.4 Å². The number of rotatable bonds is 5. The molecule has 0 atom stereocenters. The zero-order chi connectivity index (χ0) is 15.5. The lowest BCUT2D eigenvalue weighted by Crippen LogP contribution is -2.62. The molecule has 4 heteroatoms. The minimum absolute atomic E-state index is 0.183. The molecule has 1 heterocycles. The van der Waals surface area contributed by atoms with E-state index in [-0.39, 0.29) is 5.91 Å². The molecule has 1 aliphatic rings. The number of benzene rings is 1. The summed E-state index contributed by atoms with van der Waals surface area (Å²) in [7, 11) is 1.88. The van der Waals surface area contributed by atoms with Crippen molar-refractivity contribution >= 4 is 11.6 Å². The smallest absolute Gasteiger partial charge is 0.247 e. The van der Waals surface area contributed by atoms with Crippen LogP contribution in [0.4, 0.5) is 5.69 Å². The molecule has 116 valence electrons. The van der Waals surface area contributed by atoms with Gasteiger partial charge in [0.25, 0.3) is 0 Å². The van der Waals surface area contributed by atoms with Crippen LogP contribution in [0.5, 0.6) is 0 Å². The third kappa shape index (κ3) is 3.38. The highest BCUT2D eigenvalue weighted by molar-refractivity contribution is 5.90. The van der Waals surface area contributed by atoms with E-state index in [1.54, 1.807) is 0 Å². The molecule has 0 radical (unpaired) electrons. The van der Waals surface area contributed by atoms with Crippen molar-refractivity contribution in [1.82, 2.24) is 10.2 Å². The number of carbonyl (C=O) groups excluding carboxylic acids is 1. The fraction of sp³-hybridized carbons (Fsp3) is 0.588. The number of hydrogen-bond acceptors (Lipinski definition) is 3. The molecule has 0 aliphatic carbocycles. The minimum Gasteiger partial charge on any atom is -0.356 e. The highest BCUT2D eigenvalue weighted by Crippen LogP contribution is 2.28. The minimum atomic E-state index is -0.477. The maximum Gasteiger partial charge on any atom is 0.247 e. The lowest BCUT2D eigenvalue weighted by molar-refractivity contribution is -0.136. The van der Waals surface area contributed by atoms with E-state index in [0.717, 1.165) is 38.3 Å². The molecule has 1 aliphatic heterocycles. The Morgan fingerprint density at radius 2 is 1.86 bits per heavy atom. The van der Waals surface area contributed by atoms with Gasteiger partial charge in [0.1, 0.15) is 5.54 Å². The zero-order valence-corrected chi connectivity index (χ0v) is 13.6. The monoisotopic (exact) mass is 289 g/mol. The quantitative estimate of drug-likeness (QED) is 0.845. The zero-order valence-electron chi connectivity index (χ0n) is 13.6. The van der Waals surface area contributed by atoms with Gasteiger partial charge in [0.2, 0.25) is 5.91 Å². The van der Waals surface area contributed by atoms with Crippen LogP contribution in [0.1, 0.15) is 32.8 Å². The van der Waals surface area contributed by atoms with Gasteiger partial charge in [-0.3, -0.25) is 4.79 Å². The topological polar surface area (TPSA) is 35.6 Å². The number of hydrogen-bond donors (Lipinski definition) is 1. The van der Waals surface area contributed by atoms with E-state index >= 15 is 0 Å². The molecule has 21 heavy (non-hydrogen) atoms. The van der Waals surface area contributed by atoms with Gasteiger partial charge < -0.3 is 15.1 Å². The van der Waals surface area contributed by atoms with Crippen molar-refractivity contribution in [2.24, 2.45) is 0 Å². The van der Waals surface area contributed by atoms with Gasteiger partial charge in [-0.15, -0.1) is 0 Å². The molecule has 0 saturated carbocycles. The van der Waals surface area contributed by atoms with Crippen LogP contribution in [-0.4, -0.2) is 43.0 Å². The van der Waals surface area contributed by atoms with Crippen LogP contribution in [0.3, 0.4) is 0 Å². The second kappa shape index (κ2) is 6.48. The van der Waals surface area contributed by atoms with Crippen molar-refractivity contribution in [1.29, 1.82) is 0 Å². The molecule has 0 bridgehead atoms. The molecular formula is C17H27N3O. The number of nitrogens with one attached hydrogen (secondary N) is 1. The van der Waals surface area contributed by atoms with Crippen LogP contribution >= 0.6 is 0 Å². The third-order valence-electron chi connectivity index (χ3n) is 4.21. The van der Waals surface area contributed by atoms with Crippen molar-refractivity contribution in [2.45, 2.75) is 39.3 Å². The van der Waals surface area contributed by atoms with E-state index < -0.39 is 5.54 Å². The van der Waals surface area contributed by atoms with Crippen molar-refractivity contribution < 1.29 is 4.79 Å². The summed E-state index contributed by atoms with van der Waals surface area (Å²) in [5, 5.41) is 3.41. The fourth-order valence-corrected chi connectivity index (χ4v) is 2.87. The largest absolute Gasteiger partial charge is 0.356 e. The first-order chi connectivity index (χ1) is 9.96. The van der Waals surface area contributed by atoms with Gasteiger partial charge in [0.05, 0.1) is 0 Å². The summed E-state index contributed by atoms with van der Waals surface area (Å²) < 4.78 is 0. The Bertz CT molecular complexity index is 481. The number of anilines is 1. The fourth-order valence-electron chi connectivity index (χ4n) is 2.87. The molecular weight excluding hydrogens is 262 g/mol. The summed E-state index contributed by atoms with van der Waals surface area (Å²) in [6.45, 7) is 9.78. The maximum atomic E-state index is 12.3. The predicted molar refractivity (Wildman–Crippen MR) is 87.5 cm³/mol. The molecule has 1 aromatic carbocycles. The number of piperazine rings is 1. The molecule has 4 nitrogen and oxygen atoms in total. The average Bonchev–Trinajstić information content (AvgIpc) is 2.46. The highest BCUT2D eigenvalue weighted by atomic mass is 16.2. The van der Waals surface area contributed by atoms with Crippen LogP contribution in [0, 0.1) is 0 Å². The summed E-state index contributed by atoms with van der Waals surface area (Å²) in [6.07, 6.45) is 1.15. The van der Waals surface area contributed by atoms with Crippen molar-refractivity contribution in [3.05, 3.63) is 29.8 Å². The lowest BCUT2D eigenvalue weighted by atomic mass is 9.96. The summed E-state index contributed by atoms with van der Waals surface area (Å²) in [5.74, 6) is 0.183. The molecule has 1 N–H and O–H groups in total. The summed E-state index contributed by atoms with van der Waals surface area (Å²) in [5.41, 5.74) is 1.93. The Hall–Kier alpha value is -1.55. The van der Waals surface area contributed by atoms with E-state index in [9.17, 15) is 4.79 Å². The van der Waals surface area contributed by atoms with Gasteiger partial charge in [-0.2, -0.15) is 0 Å². The summed E-state index contributed by atoms with van der Waals surface area (Å²) >= 11 is 0. The van der Waals surface area contributed by atoms with Gasteiger partial charge in [0.15, 0.2) is 0 Å². The van der Waals surface area contributed by atoms with E-state index in [1.807, 2.05) is 25.8 Å². The molecule has 1 saturated heterocycles. The first-order valence-corrected chi connectivity index (χ1v) is 7.79. The predicted octanol–water partition coefficient (Wildman–Crippen LogP) is 2.24. The molecule has 2 rings (SSSR count). The molecule has 1 aromatic rings. The highest BCUT2D eigenvalue weighted by Gasteiger charge is 2.40. The van der Waals surface area contributed by atoms with Gasteiger partial charge >= 0.3 is 0 Å². The van der Waals surface area contributed by atoms with Crippen molar-refractivity contribution in [3.63, 3.8) is 0 Å². The normalized spacial score (nSPS) is 18.2. The Labute approximate surface area is 128 Å². The first-order valence-electron chi connectivity index (χ1n) is 7.79. The molecule has 0 unspecified atom stereocenters. The van der Waals surface area contributed by atoms with E-state index in [1.165, 1.54) is 5.56 Å². The van der Waals surface area contributed by atoms with E-state index in [4.69, 9.17) is 0 Å². The average molecular weight is 289 g/mol. The number of carbonyl (C=O) groups is 1. The number of likely N-dealkylation sites (N-methyl/N-ethyl adjacent to an activating group) is 1. The number of amides is 1. The maximum absolute atomic E-state index is 12.3. The Morgan fingerprint density at radius 1 is 1.19 bits per heavy atom. The van der Waals surface area contributed by atoms with Gasteiger partial charge in [-0.1, -0.05) is 19.1 Å². The third-order valence-corrected chi connectivity index (χ3v) is 4.21. The SMILES string of the molecule is CCCNCc1ccc(N2CCN(C)C(=O)C2(C)C)cc1. The first kappa shape index (κ1) is 15.8. The molecule has 0 aromatic heterocycles. The molecule has 1 fully saturated rings. The van der Waals surface area contributed by atoms with Crippen LogP contribution in [0.15, 0.2) is 24.3 Å². The van der Waals surface area contributed by atoms with Crippen LogP contribution < -0.4 is 10.2 Å².